The van der Waals surface area contributed by atoms with E-state index in [1.807, 2.05) is 0 Å². The van der Waals surface area contributed by atoms with E-state index in [0.717, 1.165) is 11.3 Å². The van der Waals surface area contributed by atoms with Gasteiger partial charge in [0.05, 0.1) is 10.6 Å². The van der Waals surface area contributed by atoms with Gasteiger partial charge in [-0.05, 0) is 32.0 Å². The molecule has 1 amide bonds. The Morgan fingerprint density at radius 1 is 1.40 bits per heavy atom. The van der Waals surface area contributed by atoms with E-state index in [9.17, 15) is 15.0 Å². The molecule has 4 N–H and O–H groups in total. The zero-order valence-corrected chi connectivity index (χ0v) is 17.2. The van der Waals surface area contributed by atoms with Crippen LogP contribution in [0, 0.1) is 18.8 Å². The highest BCUT2D eigenvalue weighted by Crippen LogP contribution is 2.43. The maximum Gasteiger partial charge on any atom is 0.277 e. The summed E-state index contributed by atoms with van der Waals surface area (Å²) in [5, 5.41) is 25.2. The van der Waals surface area contributed by atoms with Crippen molar-refractivity contribution in [2.45, 2.75) is 32.0 Å². The molecule has 3 aromatic rings. The van der Waals surface area contributed by atoms with Crippen molar-refractivity contribution in [3.63, 3.8) is 0 Å². The van der Waals surface area contributed by atoms with E-state index in [0.29, 0.717) is 33.3 Å². The Balaban J connectivity index is 1.78. The van der Waals surface area contributed by atoms with Crippen LogP contribution < -0.4 is 10.5 Å². The third kappa shape index (κ3) is 3.54. The first kappa shape index (κ1) is 20.0. The van der Waals surface area contributed by atoms with E-state index in [2.05, 4.69) is 27.0 Å². The van der Waals surface area contributed by atoms with E-state index < -0.39 is 17.1 Å². The fraction of sp³-hybridized carbons (Fsp3) is 0.300. The summed E-state index contributed by atoms with van der Waals surface area (Å²) < 4.78 is 10.6. The zero-order chi connectivity index (χ0) is 21.7. The molecule has 0 bridgehead atoms. The third-order valence-electron chi connectivity index (χ3n) is 4.48. The van der Waals surface area contributed by atoms with Crippen LogP contribution in [0.1, 0.15) is 45.8 Å². The number of amides is 1. The van der Waals surface area contributed by atoms with Gasteiger partial charge in [0, 0.05) is 18.1 Å². The molecule has 1 aliphatic rings. The molecule has 2 atom stereocenters. The minimum absolute atomic E-state index is 0.00961. The second-order valence-corrected chi connectivity index (χ2v) is 8.29. The van der Waals surface area contributed by atoms with Crippen LogP contribution in [0.15, 0.2) is 22.7 Å². The van der Waals surface area contributed by atoms with Crippen LogP contribution in [0.25, 0.3) is 11.3 Å². The smallest absolute Gasteiger partial charge is 0.277 e. The fourth-order valence-electron chi connectivity index (χ4n) is 2.92. The molecule has 0 unspecified atom stereocenters. The van der Waals surface area contributed by atoms with Gasteiger partial charge in [-0.2, -0.15) is 4.98 Å². The van der Waals surface area contributed by atoms with Crippen molar-refractivity contribution in [3.8, 4) is 28.8 Å². The average Bonchev–Trinajstić information content (AvgIpc) is 3.30. The van der Waals surface area contributed by atoms with Gasteiger partial charge in [0.2, 0.25) is 11.7 Å². The van der Waals surface area contributed by atoms with Gasteiger partial charge in [0.25, 0.3) is 5.91 Å². The molecule has 9 nitrogen and oxygen atoms in total. The molecule has 10 heteroatoms. The van der Waals surface area contributed by atoms with Crippen LogP contribution in [0.3, 0.4) is 0 Å². The predicted octanol–water partition coefficient (Wildman–Crippen LogP) is 1.46. The van der Waals surface area contributed by atoms with Crippen molar-refractivity contribution >= 4 is 17.2 Å². The molecule has 4 rings (SSSR count). The maximum absolute atomic E-state index is 11.6. The molecule has 0 saturated carbocycles. The first-order valence-corrected chi connectivity index (χ1v) is 9.75. The van der Waals surface area contributed by atoms with Crippen molar-refractivity contribution in [1.82, 2.24) is 15.1 Å². The van der Waals surface area contributed by atoms with Crippen LogP contribution >= 0.6 is 11.3 Å². The van der Waals surface area contributed by atoms with Crippen LogP contribution in [-0.2, 0) is 11.2 Å². The normalized spacial score (nSPS) is 19.4. The maximum atomic E-state index is 11.6. The Hall–Kier alpha value is -3.26. The number of aryl methyl sites for hydroxylation is 1. The second-order valence-electron chi connectivity index (χ2n) is 7.29. The van der Waals surface area contributed by atoms with Crippen LogP contribution in [0.2, 0.25) is 0 Å². The number of aromatic nitrogens is 3. The average molecular weight is 426 g/mol. The number of nitrogens with zero attached hydrogens (tertiary/aromatic N) is 3. The van der Waals surface area contributed by atoms with E-state index in [-0.39, 0.29) is 17.4 Å². The summed E-state index contributed by atoms with van der Waals surface area (Å²) in [5.74, 6) is 5.82. The van der Waals surface area contributed by atoms with Gasteiger partial charge in [0.1, 0.15) is 18.0 Å². The number of primary amides is 1. The van der Waals surface area contributed by atoms with E-state index >= 15 is 0 Å². The number of benzene rings is 1. The Bertz CT molecular complexity index is 1220. The summed E-state index contributed by atoms with van der Waals surface area (Å²) in [7, 11) is 0. The highest BCUT2D eigenvalue weighted by molar-refractivity contribution is 7.14. The molecular weight excluding hydrogens is 408 g/mol. The SMILES string of the molecule is Cc1nc([C@](C)(O)C#Cc2ccc3c(c2)-c2nc(C(N)=O)sc2[C@@](C)(O)CO3)no1. The van der Waals surface area contributed by atoms with Gasteiger partial charge >= 0.3 is 0 Å². The molecule has 1 aromatic carbocycles. The second kappa shape index (κ2) is 6.91. The van der Waals surface area contributed by atoms with Crippen LogP contribution in [-0.4, -0.2) is 37.9 Å². The van der Waals surface area contributed by atoms with E-state index in [1.54, 1.807) is 32.0 Å². The Morgan fingerprint density at radius 3 is 2.83 bits per heavy atom. The Morgan fingerprint density at radius 2 is 2.17 bits per heavy atom. The van der Waals surface area contributed by atoms with Crippen molar-refractivity contribution < 1.29 is 24.3 Å². The van der Waals surface area contributed by atoms with Gasteiger partial charge in [-0.1, -0.05) is 17.0 Å². The lowest BCUT2D eigenvalue weighted by molar-refractivity contribution is 0.0132. The number of nitrogens with two attached hydrogens (primary N) is 1. The lowest BCUT2D eigenvalue weighted by atomic mass is 10.00. The lowest BCUT2D eigenvalue weighted by Gasteiger charge is -2.19. The number of aliphatic hydroxyl groups is 2. The Kier molecular flexibility index (Phi) is 4.62. The van der Waals surface area contributed by atoms with Gasteiger partial charge in [-0.3, -0.25) is 4.79 Å². The topological polar surface area (TPSA) is 145 Å². The van der Waals surface area contributed by atoms with Gasteiger partial charge < -0.3 is 25.2 Å². The van der Waals surface area contributed by atoms with Crippen LogP contribution in [0.5, 0.6) is 5.75 Å². The highest BCUT2D eigenvalue weighted by Gasteiger charge is 2.36. The first-order chi connectivity index (χ1) is 14.1. The summed E-state index contributed by atoms with van der Waals surface area (Å²) in [4.78, 5) is 20.4. The molecule has 154 valence electrons. The summed E-state index contributed by atoms with van der Waals surface area (Å²) in [6, 6.07) is 5.12. The third-order valence-corrected chi connectivity index (χ3v) is 5.81. The minimum atomic E-state index is -1.62. The number of ether oxygens (including phenoxy) is 1. The number of hydrogen-bond acceptors (Lipinski definition) is 9. The van der Waals surface area contributed by atoms with Crippen molar-refractivity contribution in [2.24, 2.45) is 5.73 Å². The fourth-order valence-corrected chi connectivity index (χ4v) is 3.88. The number of fused-ring (bicyclic) bond motifs is 3. The Labute approximate surface area is 175 Å². The quantitative estimate of drug-likeness (QED) is 0.522. The molecule has 0 spiro atoms. The predicted molar refractivity (Wildman–Crippen MR) is 107 cm³/mol. The molecule has 3 heterocycles. The first-order valence-electron chi connectivity index (χ1n) is 8.94. The molecule has 30 heavy (non-hydrogen) atoms. The molecule has 2 aromatic heterocycles. The summed E-state index contributed by atoms with van der Waals surface area (Å²) >= 11 is 1.03. The number of carbonyl (C=O) groups is 1. The standard InChI is InChI=1S/C20H18N4O5S/c1-10-22-18(24-29-10)19(2,26)7-6-11-4-5-13-12(8-11)14-15(20(3,27)9-28-13)30-17(23-14)16(21)25/h4-5,8,26-27H,9H2,1-3H3,(H2,21,25)/t19-,20+/m1/s1. The number of hydrogen-bond donors (Lipinski definition) is 3. The van der Waals surface area contributed by atoms with Crippen molar-refractivity contribution in [3.05, 3.63) is 45.4 Å². The monoisotopic (exact) mass is 426 g/mol. The molecule has 1 aliphatic heterocycles. The summed E-state index contributed by atoms with van der Waals surface area (Å²) in [5.41, 5.74) is 3.96. The van der Waals surface area contributed by atoms with Gasteiger partial charge in [-0.25, -0.2) is 4.98 Å². The molecule has 0 aliphatic carbocycles. The molecular formula is C20H18N4O5S. The number of rotatable bonds is 2. The number of thiazole rings is 1. The van der Waals surface area contributed by atoms with Gasteiger partial charge in [0.15, 0.2) is 10.6 Å². The highest BCUT2D eigenvalue weighted by atomic mass is 32.1. The van der Waals surface area contributed by atoms with Crippen molar-refractivity contribution in [1.29, 1.82) is 0 Å². The van der Waals surface area contributed by atoms with E-state index in [1.165, 1.54) is 6.92 Å². The number of carbonyl (C=O) groups excluding carboxylic acids is 1. The largest absolute Gasteiger partial charge is 0.489 e. The molecule has 0 saturated heterocycles. The summed E-state index contributed by atoms with van der Waals surface area (Å²) in [6.45, 7) is 4.66. The minimum Gasteiger partial charge on any atom is -0.489 e. The van der Waals surface area contributed by atoms with Crippen LogP contribution in [0.4, 0.5) is 0 Å². The molecule has 0 fully saturated rings. The van der Waals surface area contributed by atoms with E-state index in [4.69, 9.17) is 15.0 Å². The van der Waals surface area contributed by atoms with Gasteiger partial charge in [-0.15, -0.1) is 11.3 Å². The lowest BCUT2D eigenvalue weighted by Crippen LogP contribution is -2.27. The zero-order valence-electron chi connectivity index (χ0n) is 16.4. The molecule has 0 radical (unpaired) electrons. The summed E-state index contributed by atoms with van der Waals surface area (Å²) in [6.07, 6.45) is 0. The van der Waals surface area contributed by atoms with Crippen molar-refractivity contribution in [2.75, 3.05) is 6.61 Å².